The van der Waals surface area contributed by atoms with E-state index in [0.717, 1.165) is 30.3 Å². The highest BCUT2D eigenvalue weighted by atomic mass is 35.5. The fraction of sp³-hybridized carbons (Fsp3) is 0.625. The molecule has 0 aromatic heterocycles. The van der Waals surface area contributed by atoms with E-state index in [4.69, 9.17) is 21.1 Å². The lowest BCUT2D eigenvalue weighted by atomic mass is 10.1. The highest BCUT2D eigenvalue weighted by molar-refractivity contribution is 6.17. The van der Waals surface area contributed by atoms with Gasteiger partial charge >= 0.3 is 0 Å². The molecule has 0 aliphatic carbocycles. The normalized spacial score (nSPS) is 19.2. The SMILES string of the molecule is COc1ccccc1OCCN1CCCC1CCCCl. The van der Waals surface area contributed by atoms with Crippen molar-refractivity contribution in [1.29, 1.82) is 0 Å². The first-order chi connectivity index (χ1) is 9.85. The van der Waals surface area contributed by atoms with Crippen molar-refractivity contribution >= 4 is 11.6 Å². The van der Waals surface area contributed by atoms with Crippen molar-refractivity contribution in [3.8, 4) is 11.5 Å². The lowest BCUT2D eigenvalue weighted by Gasteiger charge is -2.24. The van der Waals surface area contributed by atoms with Crippen LogP contribution in [0.4, 0.5) is 0 Å². The van der Waals surface area contributed by atoms with Crippen molar-refractivity contribution in [3.63, 3.8) is 0 Å². The highest BCUT2D eigenvalue weighted by Crippen LogP contribution is 2.26. The largest absolute Gasteiger partial charge is 0.493 e. The van der Waals surface area contributed by atoms with Crippen LogP contribution in [0.3, 0.4) is 0 Å². The van der Waals surface area contributed by atoms with Gasteiger partial charge in [0.2, 0.25) is 0 Å². The summed E-state index contributed by atoms with van der Waals surface area (Å²) in [6.07, 6.45) is 4.90. The molecule has 1 aromatic carbocycles. The highest BCUT2D eigenvalue weighted by Gasteiger charge is 2.23. The Morgan fingerprint density at radius 3 is 2.85 bits per heavy atom. The molecular formula is C16H24ClNO2. The third-order valence-electron chi connectivity index (χ3n) is 3.88. The molecular weight excluding hydrogens is 274 g/mol. The maximum absolute atomic E-state index is 5.85. The van der Waals surface area contributed by atoms with Crippen LogP contribution >= 0.6 is 11.6 Å². The summed E-state index contributed by atoms with van der Waals surface area (Å²) in [6, 6.07) is 8.49. The van der Waals surface area contributed by atoms with Gasteiger partial charge in [-0.1, -0.05) is 12.1 Å². The molecule has 112 valence electrons. The van der Waals surface area contributed by atoms with Crippen LogP contribution in [-0.4, -0.2) is 43.6 Å². The molecule has 1 unspecified atom stereocenters. The first-order valence-electron chi connectivity index (χ1n) is 7.41. The van der Waals surface area contributed by atoms with Crippen LogP contribution in [0, 0.1) is 0 Å². The minimum atomic E-state index is 0.690. The van der Waals surface area contributed by atoms with Crippen LogP contribution in [0.15, 0.2) is 24.3 Å². The number of hydrogen-bond acceptors (Lipinski definition) is 3. The van der Waals surface area contributed by atoms with Crippen molar-refractivity contribution in [2.45, 2.75) is 31.7 Å². The molecule has 4 heteroatoms. The quantitative estimate of drug-likeness (QED) is 0.685. The lowest BCUT2D eigenvalue weighted by Crippen LogP contribution is -2.33. The molecule has 0 N–H and O–H groups in total. The van der Waals surface area contributed by atoms with Crippen molar-refractivity contribution in [3.05, 3.63) is 24.3 Å². The van der Waals surface area contributed by atoms with Crippen LogP contribution in [0.1, 0.15) is 25.7 Å². The molecule has 20 heavy (non-hydrogen) atoms. The average molecular weight is 298 g/mol. The first kappa shape index (κ1) is 15.5. The zero-order valence-corrected chi connectivity index (χ0v) is 12.9. The number of ether oxygens (including phenoxy) is 2. The summed E-state index contributed by atoms with van der Waals surface area (Å²) >= 11 is 5.79. The van der Waals surface area contributed by atoms with Crippen molar-refractivity contribution in [2.75, 3.05) is 32.7 Å². The van der Waals surface area contributed by atoms with E-state index in [0.29, 0.717) is 12.6 Å². The number of rotatable bonds is 8. The van der Waals surface area contributed by atoms with Crippen molar-refractivity contribution in [1.82, 2.24) is 4.90 Å². The van der Waals surface area contributed by atoms with Crippen LogP contribution < -0.4 is 9.47 Å². The van der Waals surface area contributed by atoms with Gasteiger partial charge in [-0.25, -0.2) is 0 Å². The smallest absolute Gasteiger partial charge is 0.161 e. The molecule has 1 fully saturated rings. The minimum absolute atomic E-state index is 0.690. The fourth-order valence-electron chi connectivity index (χ4n) is 2.84. The monoisotopic (exact) mass is 297 g/mol. The van der Waals surface area contributed by atoms with Crippen molar-refractivity contribution in [2.24, 2.45) is 0 Å². The second-order valence-corrected chi connectivity index (χ2v) is 5.54. The van der Waals surface area contributed by atoms with Crippen LogP contribution in [-0.2, 0) is 0 Å². The number of benzene rings is 1. The topological polar surface area (TPSA) is 21.7 Å². The van der Waals surface area contributed by atoms with Crippen LogP contribution in [0.25, 0.3) is 0 Å². The Labute approximate surface area is 126 Å². The third kappa shape index (κ3) is 4.29. The maximum atomic E-state index is 5.85. The molecule has 0 saturated carbocycles. The van der Waals surface area contributed by atoms with E-state index in [1.54, 1.807) is 7.11 Å². The van der Waals surface area contributed by atoms with E-state index >= 15 is 0 Å². The van der Waals surface area contributed by atoms with E-state index < -0.39 is 0 Å². The zero-order valence-electron chi connectivity index (χ0n) is 12.2. The number of alkyl halides is 1. The Kier molecular flexibility index (Phi) is 6.48. The van der Waals surface area contributed by atoms with Gasteiger partial charge in [0.25, 0.3) is 0 Å². The van der Waals surface area contributed by atoms with Gasteiger partial charge in [0.1, 0.15) is 6.61 Å². The molecule has 1 atom stereocenters. The van der Waals surface area contributed by atoms with Crippen LogP contribution in [0.5, 0.6) is 11.5 Å². The summed E-state index contributed by atoms with van der Waals surface area (Å²) in [6.45, 7) is 2.87. The second-order valence-electron chi connectivity index (χ2n) is 5.16. The molecule has 3 nitrogen and oxygen atoms in total. The van der Waals surface area contributed by atoms with E-state index in [2.05, 4.69) is 4.90 Å². The summed E-state index contributed by atoms with van der Waals surface area (Å²) in [7, 11) is 1.67. The fourth-order valence-corrected chi connectivity index (χ4v) is 2.99. The summed E-state index contributed by atoms with van der Waals surface area (Å²) in [5, 5.41) is 0. The molecule has 2 rings (SSSR count). The average Bonchev–Trinajstić information content (AvgIpc) is 2.93. The van der Waals surface area contributed by atoms with Crippen LogP contribution in [0.2, 0.25) is 0 Å². The number of nitrogens with zero attached hydrogens (tertiary/aromatic N) is 1. The van der Waals surface area contributed by atoms with Gasteiger partial charge in [-0.3, -0.25) is 4.90 Å². The van der Waals surface area contributed by atoms with Gasteiger partial charge in [-0.2, -0.15) is 0 Å². The predicted octanol–water partition coefficient (Wildman–Crippen LogP) is 3.56. The number of para-hydroxylation sites is 2. The molecule has 1 saturated heterocycles. The van der Waals surface area contributed by atoms with Gasteiger partial charge in [0.15, 0.2) is 11.5 Å². The number of likely N-dealkylation sites (tertiary alicyclic amines) is 1. The summed E-state index contributed by atoms with van der Waals surface area (Å²) in [5.41, 5.74) is 0. The van der Waals surface area contributed by atoms with E-state index in [-0.39, 0.29) is 0 Å². The molecule has 0 amide bonds. The third-order valence-corrected chi connectivity index (χ3v) is 4.14. The van der Waals surface area contributed by atoms with Crippen molar-refractivity contribution < 1.29 is 9.47 Å². The number of methoxy groups -OCH3 is 1. The molecule has 0 bridgehead atoms. The predicted molar refractivity (Wildman–Crippen MR) is 83.0 cm³/mol. The maximum Gasteiger partial charge on any atom is 0.161 e. The Morgan fingerprint density at radius 2 is 2.10 bits per heavy atom. The summed E-state index contributed by atoms with van der Waals surface area (Å²) in [4.78, 5) is 2.53. The van der Waals surface area contributed by atoms with Gasteiger partial charge in [0, 0.05) is 18.5 Å². The molecule has 0 spiro atoms. The molecule has 0 radical (unpaired) electrons. The van der Waals surface area contributed by atoms with E-state index in [9.17, 15) is 0 Å². The standard InChI is InChI=1S/C16H24ClNO2/c1-19-15-8-2-3-9-16(15)20-13-12-18-11-5-7-14(18)6-4-10-17/h2-3,8-9,14H,4-7,10-13H2,1H3. The van der Waals surface area contributed by atoms with Gasteiger partial charge < -0.3 is 9.47 Å². The first-order valence-corrected chi connectivity index (χ1v) is 7.94. The molecule has 1 aliphatic heterocycles. The Morgan fingerprint density at radius 1 is 1.30 bits per heavy atom. The molecule has 1 aromatic rings. The second kappa shape index (κ2) is 8.38. The van der Waals surface area contributed by atoms with E-state index in [1.807, 2.05) is 24.3 Å². The summed E-state index contributed by atoms with van der Waals surface area (Å²) < 4.78 is 11.1. The Hall–Kier alpha value is -0.930. The molecule has 1 heterocycles. The van der Waals surface area contributed by atoms with Gasteiger partial charge in [-0.05, 0) is 44.4 Å². The zero-order chi connectivity index (χ0) is 14.2. The van der Waals surface area contributed by atoms with Gasteiger partial charge in [-0.15, -0.1) is 11.6 Å². The number of hydrogen-bond donors (Lipinski definition) is 0. The Balaban J connectivity index is 1.77. The van der Waals surface area contributed by atoms with E-state index in [1.165, 1.54) is 25.8 Å². The summed E-state index contributed by atoms with van der Waals surface area (Å²) in [5.74, 6) is 2.39. The van der Waals surface area contributed by atoms with Gasteiger partial charge in [0.05, 0.1) is 7.11 Å². The molecule has 1 aliphatic rings. The lowest BCUT2D eigenvalue weighted by molar-refractivity contribution is 0.187. The minimum Gasteiger partial charge on any atom is -0.493 e. The number of halogens is 1. The Bertz CT molecular complexity index is 400.